The van der Waals surface area contributed by atoms with Crippen LogP contribution in [0.3, 0.4) is 0 Å². The molecule has 0 unspecified atom stereocenters. The largest absolute Gasteiger partial charge is 0.218 e. The van der Waals surface area contributed by atoms with E-state index in [1.54, 1.807) is 22.2 Å². The van der Waals surface area contributed by atoms with E-state index in [4.69, 9.17) is 5.26 Å². The maximum Gasteiger partial charge on any atom is 0.211 e. The standard InChI is InChI=1S/C13H10N4S/c1-2-10-9(7-14)8-17(16-10)13-15-11-5-3-4-6-12(11)18-13/h3-6,8H,2H2,1H3. The highest BCUT2D eigenvalue weighted by Crippen LogP contribution is 2.24. The van der Waals surface area contributed by atoms with Crippen LogP contribution in [-0.2, 0) is 6.42 Å². The Hall–Kier alpha value is -2.19. The summed E-state index contributed by atoms with van der Waals surface area (Å²) in [5.74, 6) is 0. The fourth-order valence-corrected chi connectivity index (χ4v) is 2.71. The summed E-state index contributed by atoms with van der Waals surface area (Å²) in [5.41, 5.74) is 2.40. The molecule has 0 N–H and O–H groups in total. The van der Waals surface area contributed by atoms with Gasteiger partial charge in [-0.2, -0.15) is 10.4 Å². The first kappa shape index (κ1) is 10.9. The maximum absolute atomic E-state index is 9.03. The van der Waals surface area contributed by atoms with E-state index in [-0.39, 0.29) is 0 Å². The molecule has 0 aliphatic rings. The zero-order valence-electron chi connectivity index (χ0n) is 9.79. The molecule has 4 nitrogen and oxygen atoms in total. The number of hydrogen-bond donors (Lipinski definition) is 0. The van der Waals surface area contributed by atoms with Gasteiger partial charge in [0.1, 0.15) is 6.07 Å². The van der Waals surface area contributed by atoms with E-state index >= 15 is 0 Å². The summed E-state index contributed by atoms with van der Waals surface area (Å²) in [4.78, 5) is 4.52. The zero-order valence-corrected chi connectivity index (χ0v) is 10.6. The molecule has 0 radical (unpaired) electrons. The Labute approximate surface area is 108 Å². The van der Waals surface area contributed by atoms with Crippen LogP contribution in [0.15, 0.2) is 30.5 Å². The quantitative estimate of drug-likeness (QED) is 0.706. The molecule has 0 fully saturated rings. The van der Waals surface area contributed by atoms with Crippen molar-refractivity contribution in [3.05, 3.63) is 41.7 Å². The monoisotopic (exact) mass is 254 g/mol. The summed E-state index contributed by atoms with van der Waals surface area (Å²) >= 11 is 1.57. The van der Waals surface area contributed by atoms with Gasteiger partial charge in [-0.05, 0) is 18.6 Å². The van der Waals surface area contributed by atoms with Crippen LogP contribution in [0.5, 0.6) is 0 Å². The normalized spacial score (nSPS) is 10.7. The number of benzene rings is 1. The minimum atomic E-state index is 0.622. The van der Waals surface area contributed by atoms with E-state index in [9.17, 15) is 0 Å². The molecular weight excluding hydrogens is 244 g/mol. The Balaban J connectivity index is 2.14. The van der Waals surface area contributed by atoms with Crippen molar-refractivity contribution in [1.82, 2.24) is 14.8 Å². The molecule has 0 saturated carbocycles. The molecule has 0 atom stereocenters. The van der Waals surface area contributed by atoms with Crippen molar-refractivity contribution in [2.24, 2.45) is 0 Å². The zero-order chi connectivity index (χ0) is 12.5. The summed E-state index contributed by atoms with van der Waals surface area (Å²) in [6.07, 6.45) is 2.50. The van der Waals surface area contributed by atoms with E-state index in [2.05, 4.69) is 16.2 Å². The van der Waals surface area contributed by atoms with Crippen LogP contribution in [0.1, 0.15) is 18.2 Å². The van der Waals surface area contributed by atoms with Crippen LogP contribution >= 0.6 is 11.3 Å². The lowest BCUT2D eigenvalue weighted by molar-refractivity contribution is 0.836. The van der Waals surface area contributed by atoms with Crippen molar-refractivity contribution in [2.45, 2.75) is 13.3 Å². The molecule has 18 heavy (non-hydrogen) atoms. The van der Waals surface area contributed by atoms with Crippen molar-refractivity contribution < 1.29 is 0 Å². The molecule has 5 heteroatoms. The molecule has 3 rings (SSSR count). The van der Waals surface area contributed by atoms with Gasteiger partial charge in [0.15, 0.2) is 0 Å². The summed E-state index contributed by atoms with van der Waals surface area (Å²) in [6, 6.07) is 10.1. The summed E-state index contributed by atoms with van der Waals surface area (Å²) < 4.78 is 2.82. The van der Waals surface area contributed by atoms with Gasteiger partial charge in [0, 0.05) is 0 Å². The van der Waals surface area contributed by atoms with Gasteiger partial charge in [-0.15, -0.1) is 0 Å². The molecule has 1 aromatic carbocycles. The van der Waals surface area contributed by atoms with Crippen LogP contribution in [-0.4, -0.2) is 14.8 Å². The van der Waals surface area contributed by atoms with Gasteiger partial charge >= 0.3 is 0 Å². The Bertz CT molecular complexity index is 715. The van der Waals surface area contributed by atoms with Gasteiger partial charge in [-0.3, -0.25) is 0 Å². The molecule has 88 valence electrons. The summed E-state index contributed by atoms with van der Waals surface area (Å²) in [5, 5.41) is 14.2. The second-order valence-corrected chi connectivity index (χ2v) is 4.87. The molecule has 0 spiro atoms. The summed E-state index contributed by atoms with van der Waals surface area (Å²) in [7, 11) is 0. The molecule has 0 aliphatic carbocycles. The number of para-hydroxylation sites is 1. The number of nitrogens with zero attached hydrogens (tertiary/aromatic N) is 4. The van der Waals surface area contributed by atoms with Crippen LogP contribution in [0.2, 0.25) is 0 Å². The lowest BCUT2D eigenvalue weighted by Crippen LogP contribution is -1.94. The average molecular weight is 254 g/mol. The van der Waals surface area contributed by atoms with E-state index in [0.29, 0.717) is 5.56 Å². The van der Waals surface area contributed by atoms with Gasteiger partial charge in [-0.1, -0.05) is 30.4 Å². The number of thiazole rings is 1. The number of hydrogen-bond acceptors (Lipinski definition) is 4. The highest BCUT2D eigenvalue weighted by molar-refractivity contribution is 7.20. The third-order valence-corrected chi connectivity index (χ3v) is 3.75. The number of aryl methyl sites for hydroxylation is 1. The van der Waals surface area contributed by atoms with Crippen LogP contribution in [0, 0.1) is 11.3 Å². The molecule has 0 saturated heterocycles. The number of rotatable bonds is 2. The first-order chi connectivity index (χ1) is 8.81. The SMILES string of the molecule is CCc1nn(-c2nc3ccccc3s2)cc1C#N. The van der Waals surface area contributed by atoms with Gasteiger partial charge in [-0.25, -0.2) is 9.67 Å². The molecule has 3 aromatic rings. The van der Waals surface area contributed by atoms with E-state index in [1.165, 1.54) is 0 Å². The Kier molecular flexibility index (Phi) is 2.58. The Morgan fingerprint density at radius 3 is 2.89 bits per heavy atom. The predicted molar refractivity (Wildman–Crippen MR) is 70.8 cm³/mol. The van der Waals surface area contributed by atoms with Crippen molar-refractivity contribution in [1.29, 1.82) is 5.26 Å². The van der Waals surface area contributed by atoms with Crippen LogP contribution < -0.4 is 0 Å². The maximum atomic E-state index is 9.03. The second kappa shape index (κ2) is 4.24. The molecule has 0 bridgehead atoms. The average Bonchev–Trinajstić information content (AvgIpc) is 3.01. The van der Waals surface area contributed by atoms with E-state index in [0.717, 1.165) is 27.5 Å². The molecule has 2 aromatic heterocycles. The van der Waals surface area contributed by atoms with Crippen molar-refractivity contribution in [3.8, 4) is 11.2 Å². The van der Waals surface area contributed by atoms with Crippen LogP contribution in [0.25, 0.3) is 15.3 Å². The third-order valence-electron chi connectivity index (χ3n) is 2.72. The lowest BCUT2D eigenvalue weighted by Gasteiger charge is -1.91. The number of fused-ring (bicyclic) bond motifs is 1. The lowest BCUT2D eigenvalue weighted by atomic mass is 10.2. The van der Waals surface area contributed by atoms with Gasteiger partial charge < -0.3 is 0 Å². The second-order valence-electron chi connectivity index (χ2n) is 3.86. The summed E-state index contributed by atoms with van der Waals surface area (Å²) in [6.45, 7) is 1.99. The Morgan fingerprint density at radius 2 is 2.22 bits per heavy atom. The topological polar surface area (TPSA) is 54.5 Å². The molecular formula is C13H10N4S. The molecule has 0 amide bonds. The minimum Gasteiger partial charge on any atom is -0.218 e. The Morgan fingerprint density at radius 1 is 1.39 bits per heavy atom. The van der Waals surface area contributed by atoms with Crippen LogP contribution in [0.4, 0.5) is 0 Å². The minimum absolute atomic E-state index is 0.622. The van der Waals surface area contributed by atoms with Crippen molar-refractivity contribution in [3.63, 3.8) is 0 Å². The third kappa shape index (κ3) is 1.67. The molecule has 0 aliphatic heterocycles. The van der Waals surface area contributed by atoms with Gasteiger partial charge in [0.25, 0.3) is 0 Å². The first-order valence-corrected chi connectivity index (χ1v) is 6.48. The first-order valence-electron chi connectivity index (χ1n) is 5.66. The van der Waals surface area contributed by atoms with Gasteiger partial charge in [0.2, 0.25) is 5.13 Å². The van der Waals surface area contributed by atoms with Gasteiger partial charge in [0.05, 0.1) is 27.7 Å². The fourth-order valence-electron chi connectivity index (χ4n) is 1.82. The number of nitriles is 1. The van der Waals surface area contributed by atoms with Crippen molar-refractivity contribution >= 4 is 21.6 Å². The predicted octanol–water partition coefficient (Wildman–Crippen LogP) is 2.92. The highest BCUT2D eigenvalue weighted by Gasteiger charge is 2.11. The van der Waals surface area contributed by atoms with E-state index in [1.807, 2.05) is 31.2 Å². The number of aromatic nitrogens is 3. The smallest absolute Gasteiger partial charge is 0.211 e. The van der Waals surface area contributed by atoms with E-state index < -0.39 is 0 Å². The van der Waals surface area contributed by atoms with Crippen molar-refractivity contribution in [2.75, 3.05) is 0 Å². The highest BCUT2D eigenvalue weighted by atomic mass is 32.1. The fraction of sp³-hybridized carbons (Fsp3) is 0.154. The molecule has 2 heterocycles.